The number of benzene rings is 3. The van der Waals surface area contributed by atoms with E-state index in [1.165, 1.54) is 62.0 Å². The first kappa shape index (κ1) is 23.2. The summed E-state index contributed by atoms with van der Waals surface area (Å²) in [6, 6.07) is 8.26. The van der Waals surface area contributed by atoms with Gasteiger partial charge in [0, 0.05) is 10.8 Å². The molecule has 2 aromatic heterocycles. The number of fused-ring (bicyclic) bond motifs is 6. The van der Waals surface area contributed by atoms with Crippen LogP contribution in [0.15, 0.2) is 24.3 Å². The summed E-state index contributed by atoms with van der Waals surface area (Å²) < 4.78 is 31.4. The van der Waals surface area contributed by atoms with Gasteiger partial charge in [-0.2, -0.15) is 17.5 Å². The second-order valence-corrected chi connectivity index (χ2v) is 9.77. The minimum Gasteiger partial charge on any atom is -0.492 e. The number of ether oxygens (including phenoxy) is 2. The molecule has 0 radical (unpaired) electrons. The van der Waals surface area contributed by atoms with Crippen molar-refractivity contribution < 1.29 is 9.47 Å². The fraction of sp³-hybridized carbons (Fsp3) is 0.462. The van der Waals surface area contributed by atoms with Gasteiger partial charge in [-0.25, -0.2) is 0 Å². The van der Waals surface area contributed by atoms with Crippen LogP contribution in [-0.2, 0) is 0 Å². The Morgan fingerprint density at radius 1 is 0.588 bits per heavy atom. The average Bonchev–Trinajstić information content (AvgIpc) is 3.53. The molecule has 0 atom stereocenters. The zero-order valence-electron chi connectivity index (χ0n) is 19.8. The molecule has 0 unspecified atom stereocenters. The van der Waals surface area contributed by atoms with Crippen LogP contribution in [0.3, 0.4) is 0 Å². The summed E-state index contributed by atoms with van der Waals surface area (Å²) in [4.78, 5) is 0. The Balaban J connectivity index is 1.69. The van der Waals surface area contributed by atoms with E-state index < -0.39 is 0 Å². The van der Waals surface area contributed by atoms with Crippen molar-refractivity contribution >= 4 is 67.1 Å². The van der Waals surface area contributed by atoms with Gasteiger partial charge >= 0.3 is 0 Å². The highest BCUT2D eigenvalue weighted by atomic mass is 32.1. The molecule has 0 spiro atoms. The molecular weight excluding hydrogens is 464 g/mol. The molecule has 8 heteroatoms. The summed E-state index contributed by atoms with van der Waals surface area (Å²) >= 11 is 2.47. The van der Waals surface area contributed by atoms with Crippen LogP contribution in [0.25, 0.3) is 43.6 Å². The first-order valence-corrected chi connectivity index (χ1v) is 13.8. The van der Waals surface area contributed by atoms with Gasteiger partial charge in [-0.15, -0.1) is 0 Å². The Labute approximate surface area is 207 Å². The van der Waals surface area contributed by atoms with Gasteiger partial charge in [-0.05, 0) is 37.1 Å². The van der Waals surface area contributed by atoms with Gasteiger partial charge in [0.25, 0.3) is 0 Å². The molecule has 34 heavy (non-hydrogen) atoms. The molecule has 0 saturated carbocycles. The number of hydrogen-bond acceptors (Lipinski definition) is 8. The van der Waals surface area contributed by atoms with E-state index >= 15 is 0 Å². The van der Waals surface area contributed by atoms with Crippen LogP contribution in [0.2, 0.25) is 0 Å². The van der Waals surface area contributed by atoms with Crippen LogP contribution >= 0.6 is 23.5 Å². The topological polar surface area (TPSA) is 70.0 Å². The van der Waals surface area contributed by atoms with E-state index in [2.05, 4.69) is 43.5 Å². The largest absolute Gasteiger partial charge is 0.492 e. The Morgan fingerprint density at radius 3 is 1.50 bits per heavy atom. The highest BCUT2D eigenvalue weighted by Crippen LogP contribution is 2.47. The molecule has 5 rings (SSSR count). The maximum absolute atomic E-state index is 6.53. The monoisotopic (exact) mass is 494 g/mol. The van der Waals surface area contributed by atoms with Gasteiger partial charge < -0.3 is 9.47 Å². The molecule has 0 amide bonds. The van der Waals surface area contributed by atoms with Crippen LogP contribution in [0.4, 0.5) is 0 Å². The molecule has 0 aliphatic heterocycles. The van der Waals surface area contributed by atoms with Crippen LogP contribution in [0, 0.1) is 0 Å². The Morgan fingerprint density at radius 2 is 1.06 bits per heavy atom. The van der Waals surface area contributed by atoms with Gasteiger partial charge in [-0.3, -0.25) is 0 Å². The lowest BCUT2D eigenvalue weighted by Crippen LogP contribution is -2.03. The third-order valence-corrected chi connectivity index (χ3v) is 7.37. The zero-order valence-corrected chi connectivity index (χ0v) is 21.4. The van der Waals surface area contributed by atoms with Gasteiger partial charge in [0.05, 0.1) is 47.4 Å². The van der Waals surface area contributed by atoms with Crippen molar-refractivity contribution in [2.45, 2.75) is 65.2 Å². The number of aromatic nitrogens is 4. The van der Waals surface area contributed by atoms with Crippen LogP contribution in [0.5, 0.6) is 11.5 Å². The molecule has 3 aromatic carbocycles. The van der Waals surface area contributed by atoms with Crippen LogP contribution in [0.1, 0.15) is 65.2 Å². The average molecular weight is 495 g/mol. The quantitative estimate of drug-likeness (QED) is 0.130. The van der Waals surface area contributed by atoms with E-state index in [1.54, 1.807) is 0 Å². The fourth-order valence-corrected chi connectivity index (χ4v) is 5.60. The normalized spacial score (nSPS) is 11.8. The summed E-state index contributed by atoms with van der Waals surface area (Å²) in [5.41, 5.74) is 3.52. The van der Waals surface area contributed by atoms with Crippen molar-refractivity contribution in [3.8, 4) is 11.5 Å². The molecule has 0 aliphatic carbocycles. The lowest BCUT2D eigenvalue weighted by Gasteiger charge is -2.18. The van der Waals surface area contributed by atoms with Crippen molar-refractivity contribution in [3.63, 3.8) is 0 Å². The van der Waals surface area contributed by atoms with Crippen LogP contribution in [-0.4, -0.2) is 30.7 Å². The minimum atomic E-state index is 0.669. The van der Waals surface area contributed by atoms with Gasteiger partial charge in [-0.1, -0.05) is 52.4 Å². The van der Waals surface area contributed by atoms with Gasteiger partial charge in [0.15, 0.2) is 0 Å². The van der Waals surface area contributed by atoms with E-state index in [9.17, 15) is 0 Å². The van der Waals surface area contributed by atoms with E-state index in [-0.39, 0.29) is 0 Å². The number of rotatable bonds is 12. The maximum atomic E-state index is 6.53. The maximum Gasteiger partial charge on any atom is 0.137 e. The predicted molar refractivity (Wildman–Crippen MR) is 143 cm³/mol. The summed E-state index contributed by atoms with van der Waals surface area (Å²) in [6.07, 6.45) is 9.24. The SMILES string of the molecule is CCCCCCOc1c2ccc3nsnc3c2c(OCCCCCC)c2ccc3nsnc3c12. The number of nitrogens with zero attached hydrogens (tertiary/aromatic N) is 4. The van der Waals surface area contributed by atoms with Crippen molar-refractivity contribution in [2.24, 2.45) is 0 Å². The van der Waals surface area contributed by atoms with Crippen LogP contribution < -0.4 is 9.47 Å². The van der Waals surface area contributed by atoms with Crippen molar-refractivity contribution in [2.75, 3.05) is 13.2 Å². The van der Waals surface area contributed by atoms with Crippen molar-refractivity contribution in [1.29, 1.82) is 0 Å². The third-order valence-electron chi connectivity index (χ3n) is 6.29. The number of unbranched alkanes of at least 4 members (excludes halogenated alkanes) is 6. The fourth-order valence-electron chi connectivity index (χ4n) is 4.52. The molecule has 0 fully saturated rings. The van der Waals surface area contributed by atoms with Gasteiger partial charge in [0.2, 0.25) is 0 Å². The number of hydrogen-bond donors (Lipinski definition) is 0. The molecular formula is C26H30N4O2S2. The lowest BCUT2D eigenvalue weighted by molar-refractivity contribution is 0.307. The van der Waals surface area contributed by atoms with E-state index in [0.29, 0.717) is 13.2 Å². The zero-order chi connectivity index (χ0) is 23.3. The summed E-state index contributed by atoms with van der Waals surface area (Å²) in [5.74, 6) is 1.71. The lowest BCUT2D eigenvalue weighted by atomic mass is 9.98. The molecule has 6 nitrogen and oxygen atoms in total. The highest BCUT2D eigenvalue weighted by Gasteiger charge is 2.23. The summed E-state index contributed by atoms with van der Waals surface area (Å²) in [7, 11) is 0. The molecule has 5 aromatic rings. The van der Waals surface area contributed by atoms with Crippen molar-refractivity contribution in [1.82, 2.24) is 17.5 Å². The van der Waals surface area contributed by atoms with Gasteiger partial charge in [0.1, 0.15) is 33.6 Å². The molecule has 178 valence electrons. The molecule has 0 bridgehead atoms. The Kier molecular flexibility index (Phi) is 7.35. The second-order valence-electron chi connectivity index (χ2n) is 8.72. The first-order valence-electron chi connectivity index (χ1n) is 12.3. The third kappa shape index (κ3) is 4.41. The summed E-state index contributed by atoms with van der Waals surface area (Å²) in [5, 5.41) is 3.99. The standard InChI is InChI=1S/C26H30N4O2S2/c1-3-5-7-9-15-31-25-17-11-13-20-24(30-34-28-20)22(17)26(32-16-10-8-6-4-2)18-12-14-19-23(21(18)25)29-33-27-19/h11-14H,3-10,15-16H2,1-2H3. The predicted octanol–water partition coefficient (Wildman–Crippen LogP) is 7.92. The minimum absolute atomic E-state index is 0.669. The molecule has 0 aliphatic rings. The highest BCUT2D eigenvalue weighted by molar-refractivity contribution is 7.00. The smallest absolute Gasteiger partial charge is 0.137 e. The Bertz CT molecular complexity index is 1300. The van der Waals surface area contributed by atoms with E-state index in [0.717, 1.165) is 68.0 Å². The van der Waals surface area contributed by atoms with Crippen molar-refractivity contribution in [3.05, 3.63) is 24.3 Å². The van der Waals surface area contributed by atoms with E-state index in [1.807, 2.05) is 12.1 Å². The second kappa shape index (κ2) is 10.8. The molecule has 0 N–H and O–H groups in total. The van der Waals surface area contributed by atoms with E-state index in [4.69, 9.17) is 9.47 Å². The summed E-state index contributed by atoms with van der Waals surface area (Å²) in [6.45, 7) is 5.79. The molecule has 0 saturated heterocycles. The Hall–Kier alpha value is -2.58. The first-order chi connectivity index (χ1) is 16.8. The molecule has 2 heterocycles.